The first kappa shape index (κ1) is 10.7. The van der Waals surface area contributed by atoms with Crippen LogP contribution in [0.3, 0.4) is 0 Å². The van der Waals surface area contributed by atoms with Gasteiger partial charge in [-0.15, -0.1) is 0 Å². The van der Waals surface area contributed by atoms with Crippen LogP contribution in [0.2, 0.25) is 5.15 Å². The van der Waals surface area contributed by atoms with Crippen LogP contribution < -0.4 is 0 Å². The predicted octanol–water partition coefficient (Wildman–Crippen LogP) is 2.22. The molecule has 1 aromatic heterocycles. The molecule has 0 aliphatic carbocycles. The van der Waals surface area contributed by atoms with Crippen LogP contribution in [0.1, 0.15) is 18.4 Å². The molecule has 0 fully saturated rings. The van der Waals surface area contributed by atoms with Crippen LogP contribution in [0.25, 0.3) is 0 Å². The largest absolute Gasteiger partial charge is 0.260 e. The highest BCUT2D eigenvalue weighted by Crippen LogP contribution is 2.16. The Morgan fingerprint density at radius 2 is 2.31 bits per heavy atom. The van der Waals surface area contributed by atoms with E-state index in [9.17, 15) is 4.21 Å². The number of halogens is 1. The molecule has 0 bridgehead atoms. The topological polar surface area (TPSA) is 30.0 Å². The minimum Gasteiger partial charge on any atom is -0.260 e. The van der Waals surface area contributed by atoms with Gasteiger partial charge in [0.15, 0.2) is 0 Å². The van der Waals surface area contributed by atoms with E-state index >= 15 is 0 Å². The smallest absolute Gasteiger partial charge is 0.129 e. The summed E-state index contributed by atoms with van der Waals surface area (Å²) in [5, 5.41) is 0.494. The van der Waals surface area contributed by atoms with Gasteiger partial charge in [0.2, 0.25) is 0 Å². The van der Waals surface area contributed by atoms with E-state index in [4.69, 9.17) is 11.6 Å². The molecule has 0 saturated carbocycles. The Morgan fingerprint density at radius 1 is 1.62 bits per heavy atom. The number of pyridine rings is 1. The zero-order valence-electron chi connectivity index (χ0n) is 7.66. The van der Waals surface area contributed by atoms with Gasteiger partial charge in [-0.3, -0.25) is 4.21 Å². The van der Waals surface area contributed by atoms with Gasteiger partial charge in [-0.25, -0.2) is 4.98 Å². The Morgan fingerprint density at radius 3 is 2.77 bits per heavy atom. The van der Waals surface area contributed by atoms with Gasteiger partial charge in [-0.2, -0.15) is 0 Å². The maximum absolute atomic E-state index is 11.0. The van der Waals surface area contributed by atoms with E-state index in [1.54, 1.807) is 18.5 Å². The van der Waals surface area contributed by atoms with Crippen molar-refractivity contribution in [3.8, 4) is 0 Å². The van der Waals surface area contributed by atoms with E-state index in [-0.39, 0.29) is 5.92 Å². The van der Waals surface area contributed by atoms with Gasteiger partial charge in [0.05, 0.1) is 0 Å². The summed E-state index contributed by atoms with van der Waals surface area (Å²) in [6.45, 7) is 2.03. The Labute approximate surface area is 85.8 Å². The van der Waals surface area contributed by atoms with Crippen LogP contribution in [0.15, 0.2) is 18.3 Å². The van der Waals surface area contributed by atoms with Crippen molar-refractivity contribution in [1.82, 2.24) is 4.98 Å². The molecular formula is C9H12ClNOS. The zero-order valence-corrected chi connectivity index (χ0v) is 9.23. The average Bonchev–Trinajstić information content (AvgIpc) is 2.04. The van der Waals surface area contributed by atoms with Crippen LogP contribution in [0.5, 0.6) is 0 Å². The summed E-state index contributed by atoms with van der Waals surface area (Å²) in [5.74, 6) is 0.944. The molecule has 0 saturated heterocycles. The molecule has 1 rings (SSSR count). The first-order valence-electron chi connectivity index (χ1n) is 4.01. The van der Waals surface area contributed by atoms with Crippen molar-refractivity contribution < 1.29 is 4.21 Å². The fourth-order valence-electron chi connectivity index (χ4n) is 1.13. The molecular weight excluding hydrogens is 206 g/mol. The molecule has 1 heterocycles. The van der Waals surface area contributed by atoms with Gasteiger partial charge in [0, 0.05) is 29.0 Å². The second-order valence-corrected chi connectivity index (χ2v) is 4.92. The minimum atomic E-state index is -0.762. The molecule has 0 amide bonds. The number of nitrogens with zero attached hydrogens (tertiary/aromatic N) is 1. The molecule has 0 radical (unpaired) electrons. The molecule has 2 nitrogen and oxygen atoms in total. The Bertz CT molecular complexity index is 299. The molecule has 0 aliphatic rings. The second kappa shape index (κ2) is 4.72. The number of rotatable bonds is 3. The summed E-state index contributed by atoms with van der Waals surface area (Å²) < 4.78 is 11.0. The van der Waals surface area contributed by atoms with Gasteiger partial charge in [0.25, 0.3) is 0 Å². The van der Waals surface area contributed by atoms with Crippen molar-refractivity contribution >= 4 is 22.4 Å². The van der Waals surface area contributed by atoms with Gasteiger partial charge >= 0.3 is 0 Å². The van der Waals surface area contributed by atoms with Crippen molar-refractivity contribution in [2.75, 3.05) is 12.0 Å². The monoisotopic (exact) mass is 217 g/mol. The van der Waals surface area contributed by atoms with Crippen LogP contribution in [-0.4, -0.2) is 21.2 Å². The molecule has 1 aromatic rings. The fraction of sp³-hybridized carbons (Fsp3) is 0.444. The standard InChI is InChI=1S/C9H12ClNOS/c1-7(6-13(2)12)8-3-4-9(10)11-5-8/h3-5,7H,6H2,1-2H3. The van der Waals surface area contributed by atoms with E-state index in [1.165, 1.54) is 0 Å². The average molecular weight is 218 g/mol. The minimum absolute atomic E-state index is 0.274. The van der Waals surface area contributed by atoms with Crippen LogP contribution in [-0.2, 0) is 10.8 Å². The number of hydrogen-bond donors (Lipinski definition) is 0. The summed E-state index contributed by atoms with van der Waals surface area (Å²) in [6, 6.07) is 3.68. The lowest BCUT2D eigenvalue weighted by atomic mass is 10.1. The van der Waals surface area contributed by atoms with E-state index in [0.717, 1.165) is 5.56 Å². The lowest BCUT2D eigenvalue weighted by Crippen LogP contribution is -2.04. The molecule has 0 aliphatic heterocycles. The highest BCUT2D eigenvalue weighted by atomic mass is 35.5. The Balaban J connectivity index is 2.71. The van der Waals surface area contributed by atoms with Gasteiger partial charge in [0.1, 0.15) is 5.15 Å². The highest BCUT2D eigenvalue weighted by molar-refractivity contribution is 7.84. The van der Waals surface area contributed by atoms with Crippen LogP contribution >= 0.6 is 11.6 Å². The van der Waals surface area contributed by atoms with E-state index in [0.29, 0.717) is 10.9 Å². The number of aromatic nitrogens is 1. The number of hydrogen-bond acceptors (Lipinski definition) is 2. The fourth-order valence-corrected chi connectivity index (χ4v) is 2.14. The lowest BCUT2D eigenvalue weighted by Gasteiger charge is -2.08. The quantitative estimate of drug-likeness (QED) is 0.727. The summed E-state index contributed by atoms with van der Waals surface area (Å²) in [7, 11) is -0.762. The molecule has 2 atom stereocenters. The zero-order chi connectivity index (χ0) is 9.84. The summed E-state index contributed by atoms with van der Waals surface area (Å²) in [5.41, 5.74) is 1.08. The van der Waals surface area contributed by atoms with Crippen molar-refractivity contribution in [3.63, 3.8) is 0 Å². The van der Waals surface area contributed by atoms with Crippen molar-refractivity contribution in [1.29, 1.82) is 0 Å². The molecule has 72 valence electrons. The van der Waals surface area contributed by atoms with E-state index < -0.39 is 10.8 Å². The summed E-state index contributed by atoms with van der Waals surface area (Å²) in [4.78, 5) is 3.97. The molecule has 0 N–H and O–H groups in total. The third-order valence-electron chi connectivity index (χ3n) is 1.80. The Hall–Kier alpha value is -0.410. The van der Waals surface area contributed by atoms with Gasteiger partial charge in [-0.05, 0) is 17.5 Å². The Kier molecular flexibility index (Phi) is 3.88. The lowest BCUT2D eigenvalue weighted by molar-refractivity contribution is 0.681. The predicted molar refractivity (Wildman–Crippen MR) is 56.6 cm³/mol. The van der Waals surface area contributed by atoms with Crippen molar-refractivity contribution in [2.45, 2.75) is 12.8 Å². The highest BCUT2D eigenvalue weighted by Gasteiger charge is 2.07. The third kappa shape index (κ3) is 3.44. The summed E-state index contributed by atoms with van der Waals surface area (Å²) >= 11 is 5.65. The van der Waals surface area contributed by atoms with Crippen LogP contribution in [0.4, 0.5) is 0 Å². The molecule has 0 spiro atoms. The van der Waals surface area contributed by atoms with Gasteiger partial charge in [-0.1, -0.05) is 24.6 Å². The molecule has 4 heteroatoms. The van der Waals surface area contributed by atoms with E-state index in [1.807, 2.05) is 13.0 Å². The first-order chi connectivity index (χ1) is 6.09. The van der Waals surface area contributed by atoms with Gasteiger partial charge < -0.3 is 0 Å². The van der Waals surface area contributed by atoms with E-state index in [2.05, 4.69) is 4.98 Å². The van der Waals surface area contributed by atoms with Crippen LogP contribution in [0, 0.1) is 0 Å². The maximum Gasteiger partial charge on any atom is 0.129 e. The van der Waals surface area contributed by atoms with Crippen molar-refractivity contribution in [2.24, 2.45) is 0 Å². The molecule has 0 aromatic carbocycles. The summed E-state index contributed by atoms with van der Waals surface area (Å²) in [6.07, 6.45) is 3.44. The second-order valence-electron chi connectivity index (χ2n) is 3.06. The first-order valence-corrected chi connectivity index (χ1v) is 6.11. The normalized spacial score (nSPS) is 15.3. The maximum atomic E-state index is 11.0. The third-order valence-corrected chi connectivity index (χ3v) is 3.00. The molecule has 13 heavy (non-hydrogen) atoms. The SMILES string of the molecule is CC(CS(C)=O)c1ccc(Cl)nc1. The molecule has 2 unspecified atom stereocenters. The van der Waals surface area contributed by atoms with Crippen molar-refractivity contribution in [3.05, 3.63) is 29.0 Å².